The normalized spacial score (nSPS) is 12.9. The van der Waals surface area contributed by atoms with Crippen LogP contribution in [0, 0.1) is 6.92 Å². The molecule has 1 atom stereocenters. The Kier molecular flexibility index (Phi) is 7.40. The van der Waals surface area contributed by atoms with E-state index in [4.69, 9.17) is 4.74 Å². The molecule has 0 radical (unpaired) electrons. The number of aryl methyl sites for hydroxylation is 1. The number of thiazole rings is 1. The monoisotopic (exact) mass is 256 g/mol. The highest BCUT2D eigenvalue weighted by Gasteiger charge is 2.08. The van der Waals surface area contributed by atoms with Crippen LogP contribution < -0.4 is 5.32 Å². The highest BCUT2D eigenvalue weighted by molar-refractivity contribution is 7.09. The van der Waals surface area contributed by atoms with E-state index in [9.17, 15) is 0 Å². The highest BCUT2D eigenvalue weighted by atomic mass is 32.1. The van der Waals surface area contributed by atoms with Gasteiger partial charge >= 0.3 is 0 Å². The quantitative estimate of drug-likeness (QED) is 0.737. The van der Waals surface area contributed by atoms with Crippen molar-refractivity contribution >= 4 is 11.3 Å². The molecule has 3 nitrogen and oxygen atoms in total. The minimum atomic E-state index is 0.355. The third-order valence-electron chi connectivity index (χ3n) is 2.76. The molecular weight excluding hydrogens is 232 g/mol. The molecule has 4 heteroatoms. The van der Waals surface area contributed by atoms with E-state index in [0.29, 0.717) is 6.10 Å². The molecule has 0 aliphatic heterocycles. The summed E-state index contributed by atoms with van der Waals surface area (Å²) in [7, 11) is 0. The van der Waals surface area contributed by atoms with Gasteiger partial charge in [-0.05, 0) is 19.9 Å². The Morgan fingerprint density at radius 1 is 1.47 bits per heavy atom. The van der Waals surface area contributed by atoms with Crippen molar-refractivity contribution in [3.63, 3.8) is 0 Å². The number of aromatic nitrogens is 1. The first-order valence-electron chi connectivity index (χ1n) is 6.49. The third-order valence-corrected chi connectivity index (χ3v) is 3.76. The van der Waals surface area contributed by atoms with Gasteiger partial charge in [0.15, 0.2) is 0 Å². The van der Waals surface area contributed by atoms with Crippen LogP contribution in [0.25, 0.3) is 0 Å². The summed E-state index contributed by atoms with van der Waals surface area (Å²) in [6.45, 7) is 9.18. The molecule has 0 fully saturated rings. The van der Waals surface area contributed by atoms with Crippen molar-refractivity contribution in [2.45, 2.75) is 46.1 Å². The SMILES string of the molecule is CCCC(CNCC)OCCc1scnc1C. The fourth-order valence-electron chi connectivity index (χ4n) is 1.76. The lowest BCUT2D eigenvalue weighted by molar-refractivity contribution is 0.0497. The van der Waals surface area contributed by atoms with Gasteiger partial charge < -0.3 is 10.1 Å². The number of rotatable bonds is 9. The minimum Gasteiger partial charge on any atom is -0.377 e. The predicted octanol–water partition coefficient (Wildman–Crippen LogP) is 2.79. The van der Waals surface area contributed by atoms with E-state index >= 15 is 0 Å². The van der Waals surface area contributed by atoms with Gasteiger partial charge in [0.1, 0.15) is 0 Å². The Labute approximate surface area is 109 Å². The lowest BCUT2D eigenvalue weighted by Gasteiger charge is -2.17. The predicted molar refractivity (Wildman–Crippen MR) is 73.7 cm³/mol. The summed E-state index contributed by atoms with van der Waals surface area (Å²) >= 11 is 1.73. The summed E-state index contributed by atoms with van der Waals surface area (Å²) < 4.78 is 5.93. The lowest BCUT2D eigenvalue weighted by Crippen LogP contribution is -2.29. The molecule has 1 aromatic rings. The Bertz CT molecular complexity index is 301. The van der Waals surface area contributed by atoms with Gasteiger partial charge in [-0.1, -0.05) is 20.3 Å². The molecule has 17 heavy (non-hydrogen) atoms. The number of hydrogen-bond acceptors (Lipinski definition) is 4. The molecule has 1 heterocycles. The topological polar surface area (TPSA) is 34.1 Å². The largest absolute Gasteiger partial charge is 0.377 e. The van der Waals surface area contributed by atoms with E-state index in [1.807, 2.05) is 5.51 Å². The zero-order chi connectivity index (χ0) is 12.5. The average molecular weight is 256 g/mol. The molecule has 0 aromatic carbocycles. The van der Waals surface area contributed by atoms with Crippen LogP contribution in [-0.2, 0) is 11.2 Å². The van der Waals surface area contributed by atoms with Gasteiger partial charge in [-0.2, -0.15) is 0 Å². The molecule has 0 saturated carbocycles. The molecule has 0 aliphatic rings. The van der Waals surface area contributed by atoms with Gasteiger partial charge in [0.25, 0.3) is 0 Å². The van der Waals surface area contributed by atoms with Crippen LogP contribution in [0.4, 0.5) is 0 Å². The zero-order valence-electron chi connectivity index (χ0n) is 11.2. The van der Waals surface area contributed by atoms with Crippen molar-refractivity contribution in [1.82, 2.24) is 10.3 Å². The Morgan fingerprint density at radius 2 is 2.29 bits per heavy atom. The Hall–Kier alpha value is -0.450. The van der Waals surface area contributed by atoms with E-state index in [2.05, 4.69) is 31.1 Å². The molecule has 98 valence electrons. The number of hydrogen-bond donors (Lipinski definition) is 1. The van der Waals surface area contributed by atoms with Crippen LogP contribution in [0.1, 0.15) is 37.3 Å². The maximum atomic E-state index is 5.93. The second kappa shape index (κ2) is 8.61. The minimum absolute atomic E-state index is 0.355. The van der Waals surface area contributed by atoms with Gasteiger partial charge in [-0.25, -0.2) is 4.98 Å². The van der Waals surface area contributed by atoms with Crippen LogP contribution in [0.15, 0.2) is 5.51 Å². The average Bonchev–Trinajstić information content (AvgIpc) is 2.72. The van der Waals surface area contributed by atoms with Crippen LogP contribution in [0.3, 0.4) is 0 Å². The van der Waals surface area contributed by atoms with Crippen LogP contribution in [0.5, 0.6) is 0 Å². The van der Waals surface area contributed by atoms with Crippen LogP contribution in [0.2, 0.25) is 0 Å². The Morgan fingerprint density at radius 3 is 2.88 bits per heavy atom. The molecular formula is C13H24N2OS. The molecule has 1 N–H and O–H groups in total. The maximum absolute atomic E-state index is 5.93. The van der Waals surface area contributed by atoms with Gasteiger partial charge in [-0.3, -0.25) is 0 Å². The summed E-state index contributed by atoms with van der Waals surface area (Å²) in [6.07, 6.45) is 3.65. The summed E-state index contributed by atoms with van der Waals surface area (Å²) in [5.74, 6) is 0. The second-order valence-electron chi connectivity index (χ2n) is 4.20. The molecule has 1 aromatic heterocycles. The molecule has 0 spiro atoms. The standard InChI is InChI=1S/C13H24N2OS/c1-4-6-12(9-14-5-2)16-8-7-13-11(3)15-10-17-13/h10,12,14H,4-9H2,1-3H3. The first kappa shape index (κ1) is 14.6. The third kappa shape index (κ3) is 5.61. The van der Waals surface area contributed by atoms with E-state index in [1.165, 1.54) is 11.3 Å². The summed E-state index contributed by atoms with van der Waals surface area (Å²) in [4.78, 5) is 5.60. The molecule has 1 unspecified atom stereocenters. The van der Waals surface area contributed by atoms with E-state index < -0.39 is 0 Å². The number of nitrogens with one attached hydrogen (secondary N) is 1. The van der Waals surface area contributed by atoms with Crippen molar-refractivity contribution in [3.8, 4) is 0 Å². The van der Waals surface area contributed by atoms with Crippen molar-refractivity contribution < 1.29 is 4.74 Å². The smallest absolute Gasteiger partial charge is 0.0797 e. The lowest BCUT2D eigenvalue weighted by atomic mass is 10.2. The van der Waals surface area contributed by atoms with Gasteiger partial charge in [-0.15, -0.1) is 11.3 Å². The summed E-state index contributed by atoms with van der Waals surface area (Å²) in [5.41, 5.74) is 3.06. The van der Waals surface area contributed by atoms with Crippen LogP contribution >= 0.6 is 11.3 Å². The first-order chi connectivity index (χ1) is 8.27. The van der Waals surface area contributed by atoms with Crippen molar-refractivity contribution in [3.05, 3.63) is 16.1 Å². The molecule has 0 saturated heterocycles. The fourth-order valence-corrected chi connectivity index (χ4v) is 2.52. The van der Waals surface area contributed by atoms with Gasteiger partial charge in [0.05, 0.1) is 23.9 Å². The van der Waals surface area contributed by atoms with Crippen molar-refractivity contribution in [2.75, 3.05) is 19.7 Å². The highest BCUT2D eigenvalue weighted by Crippen LogP contribution is 2.13. The fraction of sp³-hybridized carbons (Fsp3) is 0.769. The van der Waals surface area contributed by atoms with Crippen molar-refractivity contribution in [2.24, 2.45) is 0 Å². The van der Waals surface area contributed by atoms with Crippen LogP contribution in [-0.4, -0.2) is 30.8 Å². The van der Waals surface area contributed by atoms with Crippen molar-refractivity contribution in [1.29, 1.82) is 0 Å². The molecule has 0 aliphatic carbocycles. The molecule has 1 rings (SSSR count). The maximum Gasteiger partial charge on any atom is 0.0797 e. The molecule has 0 amide bonds. The van der Waals surface area contributed by atoms with E-state index in [0.717, 1.165) is 38.2 Å². The van der Waals surface area contributed by atoms with E-state index in [-0.39, 0.29) is 0 Å². The number of likely N-dealkylation sites (N-methyl/N-ethyl adjacent to an activating group) is 1. The van der Waals surface area contributed by atoms with Gasteiger partial charge in [0.2, 0.25) is 0 Å². The summed E-state index contributed by atoms with van der Waals surface area (Å²) in [6, 6.07) is 0. The Balaban J connectivity index is 2.24. The second-order valence-corrected chi connectivity index (χ2v) is 5.14. The first-order valence-corrected chi connectivity index (χ1v) is 7.37. The molecule has 0 bridgehead atoms. The van der Waals surface area contributed by atoms with E-state index in [1.54, 1.807) is 11.3 Å². The summed E-state index contributed by atoms with van der Waals surface area (Å²) in [5, 5.41) is 3.35. The number of nitrogens with zero attached hydrogens (tertiary/aromatic N) is 1. The number of ether oxygens (including phenoxy) is 1. The van der Waals surface area contributed by atoms with Gasteiger partial charge in [0, 0.05) is 17.8 Å². The zero-order valence-corrected chi connectivity index (χ0v) is 12.0.